The van der Waals surface area contributed by atoms with Gasteiger partial charge in [-0.05, 0) is 38.3 Å². The third-order valence-corrected chi connectivity index (χ3v) is 4.56. The first-order valence-electron chi connectivity index (χ1n) is 7.24. The Bertz CT molecular complexity index is 792. The van der Waals surface area contributed by atoms with E-state index in [1.54, 1.807) is 23.7 Å². The molecule has 1 atom stereocenters. The van der Waals surface area contributed by atoms with E-state index in [2.05, 4.69) is 29.2 Å². The summed E-state index contributed by atoms with van der Waals surface area (Å²) in [5, 5.41) is 10.2. The SMILES string of the molecule is CC(C)n1ncc2cc(C(=O)N[C@H](C)c3cccs3)cnc21. The van der Waals surface area contributed by atoms with Crippen LogP contribution in [0.2, 0.25) is 0 Å². The maximum Gasteiger partial charge on any atom is 0.253 e. The first-order valence-corrected chi connectivity index (χ1v) is 8.11. The van der Waals surface area contributed by atoms with Crippen molar-refractivity contribution in [3.8, 4) is 0 Å². The summed E-state index contributed by atoms with van der Waals surface area (Å²) >= 11 is 1.63. The zero-order valence-corrected chi connectivity index (χ0v) is 13.6. The van der Waals surface area contributed by atoms with Gasteiger partial charge in [-0.1, -0.05) is 6.07 Å². The van der Waals surface area contributed by atoms with Gasteiger partial charge >= 0.3 is 0 Å². The van der Waals surface area contributed by atoms with Crippen LogP contribution in [0.4, 0.5) is 0 Å². The fraction of sp³-hybridized carbons (Fsp3) is 0.312. The highest BCUT2D eigenvalue weighted by molar-refractivity contribution is 7.10. The normalized spacial score (nSPS) is 12.7. The van der Waals surface area contributed by atoms with Gasteiger partial charge in [0.05, 0.1) is 17.8 Å². The fourth-order valence-corrected chi connectivity index (χ4v) is 3.07. The Labute approximate surface area is 133 Å². The number of aromatic nitrogens is 3. The van der Waals surface area contributed by atoms with Gasteiger partial charge in [0, 0.05) is 22.5 Å². The number of fused-ring (bicyclic) bond motifs is 1. The van der Waals surface area contributed by atoms with Gasteiger partial charge < -0.3 is 5.32 Å². The van der Waals surface area contributed by atoms with Gasteiger partial charge in [0.15, 0.2) is 5.65 Å². The summed E-state index contributed by atoms with van der Waals surface area (Å²) in [6.45, 7) is 6.08. The maximum atomic E-state index is 12.4. The van der Waals surface area contributed by atoms with Crippen LogP contribution in [-0.2, 0) is 0 Å². The van der Waals surface area contributed by atoms with Crippen molar-refractivity contribution in [1.29, 1.82) is 0 Å². The van der Waals surface area contributed by atoms with Crippen molar-refractivity contribution in [2.45, 2.75) is 32.9 Å². The van der Waals surface area contributed by atoms with Gasteiger partial charge in [0.2, 0.25) is 0 Å². The summed E-state index contributed by atoms with van der Waals surface area (Å²) in [6, 6.07) is 6.07. The molecule has 0 bridgehead atoms. The Kier molecular flexibility index (Phi) is 3.94. The Morgan fingerprint density at radius 1 is 1.32 bits per heavy atom. The molecule has 0 radical (unpaired) electrons. The minimum absolute atomic E-state index is 0.0124. The molecule has 6 heteroatoms. The van der Waals surface area contributed by atoms with Crippen LogP contribution >= 0.6 is 11.3 Å². The van der Waals surface area contributed by atoms with Crippen LogP contribution in [0.1, 0.15) is 48.1 Å². The molecule has 5 nitrogen and oxygen atoms in total. The third-order valence-electron chi connectivity index (χ3n) is 3.50. The van der Waals surface area contributed by atoms with Crippen molar-refractivity contribution in [3.63, 3.8) is 0 Å². The van der Waals surface area contributed by atoms with Gasteiger partial charge in [0.1, 0.15) is 0 Å². The number of nitrogens with one attached hydrogen (secondary N) is 1. The first-order chi connectivity index (χ1) is 10.6. The molecule has 1 N–H and O–H groups in total. The van der Waals surface area contributed by atoms with Gasteiger partial charge in [-0.3, -0.25) is 4.79 Å². The number of hydrogen-bond donors (Lipinski definition) is 1. The number of amides is 1. The fourth-order valence-electron chi connectivity index (χ4n) is 2.33. The first kappa shape index (κ1) is 14.7. The molecule has 0 saturated heterocycles. The van der Waals surface area contributed by atoms with Gasteiger partial charge in [-0.15, -0.1) is 11.3 Å². The van der Waals surface area contributed by atoms with E-state index in [4.69, 9.17) is 0 Å². The van der Waals surface area contributed by atoms with Gasteiger partial charge in [-0.2, -0.15) is 5.10 Å². The lowest BCUT2D eigenvalue weighted by atomic mass is 10.2. The van der Waals surface area contributed by atoms with Crippen molar-refractivity contribution < 1.29 is 4.79 Å². The quantitative estimate of drug-likeness (QED) is 0.801. The van der Waals surface area contributed by atoms with Crippen molar-refractivity contribution in [3.05, 3.63) is 46.4 Å². The predicted molar refractivity (Wildman–Crippen MR) is 88.1 cm³/mol. The molecule has 22 heavy (non-hydrogen) atoms. The second-order valence-electron chi connectivity index (χ2n) is 5.53. The number of hydrogen-bond acceptors (Lipinski definition) is 4. The molecule has 114 valence electrons. The lowest BCUT2D eigenvalue weighted by molar-refractivity contribution is 0.0940. The van der Waals surface area contributed by atoms with E-state index >= 15 is 0 Å². The second kappa shape index (κ2) is 5.88. The molecule has 3 rings (SSSR count). The number of nitrogens with zero attached hydrogens (tertiary/aromatic N) is 3. The number of carbonyl (C=O) groups is 1. The lowest BCUT2D eigenvalue weighted by Gasteiger charge is -2.12. The van der Waals surface area contributed by atoms with Crippen LogP contribution in [0.25, 0.3) is 11.0 Å². The zero-order valence-electron chi connectivity index (χ0n) is 12.8. The van der Waals surface area contributed by atoms with E-state index in [9.17, 15) is 4.79 Å². The average molecular weight is 314 g/mol. The molecule has 3 heterocycles. The predicted octanol–water partition coefficient (Wildman–Crippen LogP) is 3.56. The van der Waals surface area contributed by atoms with Crippen molar-refractivity contribution >= 4 is 28.3 Å². The summed E-state index contributed by atoms with van der Waals surface area (Å²) in [5.74, 6) is -0.118. The Hall–Kier alpha value is -2.21. The summed E-state index contributed by atoms with van der Waals surface area (Å²) in [4.78, 5) is 17.9. The molecule has 0 aliphatic carbocycles. The third kappa shape index (κ3) is 2.74. The number of thiophene rings is 1. The number of rotatable bonds is 4. The van der Waals surface area contributed by atoms with Crippen LogP contribution in [0.3, 0.4) is 0 Å². The topological polar surface area (TPSA) is 59.8 Å². The molecular formula is C16H18N4OS. The van der Waals surface area contributed by atoms with Crippen LogP contribution in [0.15, 0.2) is 36.0 Å². The second-order valence-corrected chi connectivity index (χ2v) is 6.51. The minimum atomic E-state index is -0.118. The monoisotopic (exact) mass is 314 g/mol. The molecule has 0 aromatic carbocycles. The van der Waals surface area contributed by atoms with E-state index in [-0.39, 0.29) is 18.0 Å². The molecule has 0 saturated carbocycles. The lowest BCUT2D eigenvalue weighted by Crippen LogP contribution is -2.26. The maximum absolute atomic E-state index is 12.4. The summed E-state index contributed by atoms with van der Waals surface area (Å²) < 4.78 is 1.85. The summed E-state index contributed by atoms with van der Waals surface area (Å²) in [6.07, 6.45) is 3.36. The van der Waals surface area contributed by atoms with Crippen LogP contribution < -0.4 is 5.32 Å². The minimum Gasteiger partial charge on any atom is -0.345 e. The van der Waals surface area contributed by atoms with Crippen molar-refractivity contribution in [2.24, 2.45) is 0 Å². The van der Waals surface area contributed by atoms with E-state index in [0.717, 1.165) is 15.9 Å². The molecule has 0 aliphatic rings. The molecule has 0 unspecified atom stereocenters. The van der Waals surface area contributed by atoms with Gasteiger partial charge in [-0.25, -0.2) is 9.67 Å². The summed E-state index contributed by atoms with van der Waals surface area (Å²) in [5.41, 5.74) is 1.36. The molecule has 3 aromatic rings. The number of carbonyl (C=O) groups excluding carboxylic acids is 1. The van der Waals surface area contributed by atoms with Crippen LogP contribution in [-0.4, -0.2) is 20.7 Å². The Morgan fingerprint density at radius 2 is 2.14 bits per heavy atom. The highest BCUT2D eigenvalue weighted by atomic mass is 32.1. The molecule has 0 aliphatic heterocycles. The average Bonchev–Trinajstić information content (AvgIpc) is 3.15. The highest BCUT2D eigenvalue weighted by Crippen LogP contribution is 2.20. The van der Waals surface area contributed by atoms with Crippen LogP contribution in [0.5, 0.6) is 0 Å². The zero-order chi connectivity index (χ0) is 15.7. The van der Waals surface area contributed by atoms with E-state index < -0.39 is 0 Å². The van der Waals surface area contributed by atoms with E-state index in [1.807, 2.05) is 35.2 Å². The van der Waals surface area contributed by atoms with Crippen molar-refractivity contribution in [2.75, 3.05) is 0 Å². The molecule has 3 aromatic heterocycles. The Balaban J connectivity index is 1.82. The van der Waals surface area contributed by atoms with Crippen molar-refractivity contribution in [1.82, 2.24) is 20.1 Å². The smallest absolute Gasteiger partial charge is 0.253 e. The van der Waals surface area contributed by atoms with Crippen LogP contribution in [0, 0.1) is 0 Å². The number of pyridine rings is 1. The van der Waals surface area contributed by atoms with Gasteiger partial charge in [0.25, 0.3) is 5.91 Å². The summed E-state index contributed by atoms with van der Waals surface area (Å²) in [7, 11) is 0. The molecule has 0 fully saturated rings. The molecule has 1 amide bonds. The van der Waals surface area contributed by atoms with E-state index in [0.29, 0.717) is 5.56 Å². The molecular weight excluding hydrogens is 296 g/mol. The highest BCUT2D eigenvalue weighted by Gasteiger charge is 2.14. The van der Waals surface area contributed by atoms with E-state index in [1.165, 1.54) is 0 Å². The largest absolute Gasteiger partial charge is 0.345 e. The molecule has 0 spiro atoms. The standard InChI is InChI=1S/C16H18N4OS/c1-10(2)20-15-12(9-18-20)7-13(8-17-15)16(21)19-11(3)14-5-4-6-22-14/h4-11H,1-3H3,(H,19,21)/t11-/m1/s1. The Morgan fingerprint density at radius 3 is 2.82 bits per heavy atom.